The minimum atomic E-state index is -1.08. The van der Waals surface area contributed by atoms with Crippen LogP contribution in [0.1, 0.15) is 20.3 Å². The maximum atomic E-state index is 11.6. The van der Waals surface area contributed by atoms with Crippen LogP contribution in [0.3, 0.4) is 0 Å². The van der Waals surface area contributed by atoms with Gasteiger partial charge in [0, 0.05) is 14.2 Å². The lowest BCUT2D eigenvalue weighted by atomic mass is 10.0. The summed E-state index contributed by atoms with van der Waals surface area (Å²) < 4.78 is 4.66. The number of hydrogen-bond donors (Lipinski definition) is 2. The van der Waals surface area contributed by atoms with Crippen molar-refractivity contribution < 1.29 is 24.2 Å². The summed E-state index contributed by atoms with van der Waals surface area (Å²) in [5.74, 6) is -1.77. The minimum Gasteiger partial charge on any atom is -0.480 e. The molecule has 0 heterocycles. The molecule has 1 atom stereocenters. The topological polar surface area (TPSA) is 95.9 Å². The number of carbonyl (C=O) groups is 3. The monoisotopic (exact) mass is 274 g/mol. The molecule has 7 heteroatoms. The number of hydrogen-bond acceptors (Lipinski definition) is 4. The van der Waals surface area contributed by atoms with Crippen LogP contribution in [0, 0.1) is 5.92 Å². The molecule has 0 aromatic rings. The Kier molecular flexibility index (Phi) is 7.74. The number of methoxy groups -OCH3 is 1. The quantitative estimate of drug-likeness (QED) is 0.634. The Bertz CT molecular complexity index is 330. The fourth-order valence-electron chi connectivity index (χ4n) is 1.47. The summed E-state index contributed by atoms with van der Waals surface area (Å²) in [5.41, 5.74) is 0. The van der Waals surface area contributed by atoms with Crippen molar-refractivity contribution in [1.29, 1.82) is 0 Å². The Morgan fingerprint density at radius 1 is 1.32 bits per heavy atom. The molecule has 0 aromatic heterocycles. The number of carbonyl (C=O) groups excluding carboxylic acids is 2. The number of carboxylic acid groups (broad SMARTS) is 1. The van der Waals surface area contributed by atoms with Crippen LogP contribution in [-0.4, -0.2) is 61.1 Å². The van der Waals surface area contributed by atoms with E-state index >= 15 is 0 Å². The van der Waals surface area contributed by atoms with Crippen molar-refractivity contribution in [2.45, 2.75) is 26.3 Å². The fraction of sp³-hybridized carbons (Fsp3) is 0.750. The van der Waals surface area contributed by atoms with E-state index < -0.39 is 17.9 Å². The number of nitrogens with zero attached hydrogens (tertiary/aromatic N) is 1. The molecule has 2 N–H and O–H groups in total. The van der Waals surface area contributed by atoms with E-state index in [0.717, 1.165) is 0 Å². The molecule has 0 saturated carbocycles. The molecule has 0 saturated heterocycles. The lowest BCUT2D eigenvalue weighted by Crippen LogP contribution is -2.46. The van der Waals surface area contributed by atoms with E-state index in [1.165, 1.54) is 19.1 Å². The van der Waals surface area contributed by atoms with Gasteiger partial charge in [-0.3, -0.25) is 9.59 Å². The van der Waals surface area contributed by atoms with Gasteiger partial charge in [-0.1, -0.05) is 13.8 Å². The second kappa shape index (κ2) is 8.47. The van der Waals surface area contributed by atoms with Crippen molar-refractivity contribution in [1.82, 2.24) is 10.2 Å². The molecule has 0 aromatic carbocycles. The zero-order valence-electron chi connectivity index (χ0n) is 11.8. The predicted molar refractivity (Wildman–Crippen MR) is 68.5 cm³/mol. The van der Waals surface area contributed by atoms with Crippen LogP contribution in [0.5, 0.6) is 0 Å². The molecule has 0 rings (SSSR count). The average Bonchev–Trinajstić information content (AvgIpc) is 2.27. The van der Waals surface area contributed by atoms with Crippen molar-refractivity contribution in [3.8, 4) is 0 Å². The Morgan fingerprint density at radius 2 is 1.89 bits per heavy atom. The van der Waals surface area contributed by atoms with E-state index in [9.17, 15) is 14.4 Å². The highest BCUT2D eigenvalue weighted by atomic mass is 16.5. The van der Waals surface area contributed by atoms with E-state index in [0.29, 0.717) is 6.42 Å². The van der Waals surface area contributed by atoms with Gasteiger partial charge in [-0.05, 0) is 12.3 Å². The van der Waals surface area contributed by atoms with Crippen LogP contribution in [0.15, 0.2) is 0 Å². The second-order valence-corrected chi connectivity index (χ2v) is 4.77. The van der Waals surface area contributed by atoms with Gasteiger partial charge < -0.3 is 20.1 Å². The molecule has 7 nitrogen and oxygen atoms in total. The largest absolute Gasteiger partial charge is 0.480 e. The molecule has 2 amide bonds. The number of ether oxygens (including phenoxy) is 1. The molecule has 19 heavy (non-hydrogen) atoms. The van der Waals surface area contributed by atoms with Gasteiger partial charge in [0.25, 0.3) is 0 Å². The van der Waals surface area contributed by atoms with Crippen LogP contribution in [-0.2, 0) is 19.1 Å². The van der Waals surface area contributed by atoms with Gasteiger partial charge in [-0.25, -0.2) is 4.79 Å². The summed E-state index contributed by atoms with van der Waals surface area (Å²) in [6.45, 7) is 3.44. The van der Waals surface area contributed by atoms with Crippen LogP contribution in [0.4, 0.5) is 0 Å². The lowest BCUT2D eigenvalue weighted by Gasteiger charge is -2.20. The zero-order valence-corrected chi connectivity index (χ0v) is 11.8. The first-order valence-corrected chi connectivity index (χ1v) is 6.03. The predicted octanol–water partition coefficient (Wildman–Crippen LogP) is -0.293. The molecule has 1 unspecified atom stereocenters. The molecule has 0 bridgehead atoms. The molecule has 0 spiro atoms. The molecule has 0 aliphatic rings. The van der Waals surface area contributed by atoms with Gasteiger partial charge in [-0.2, -0.15) is 0 Å². The molecule has 0 aliphatic heterocycles. The zero-order chi connectivity index (χ0) is 15.0. The maximum absolute atomic E-state index is 11.6. The Hall–Kier alpha value is -1.63. The number of carboxylic acids is 1. The number of rotatable bonds is 8. The van der Waals surface area contributed by atoms with Crippen LogP contribution in [0.2, 0.25) is 0 Å². The van der Waals surface area contributed by atoms with Crippen molar-refractivity contribution in [3.05, 3.63) is 0 Å². The number of likely N-dealkylation sites (N-methyl/N-ethyl adjacent to an activating group) is 1. The Labute approximate surface area is 112 Å². The highest BCUT2D eigenvalue weighted by Gasteiger charge is 2.22. The maximum Gasteiger partial charge on any atom is 0.326 e. The summed E-state index contributed by atoms with van der Waals surface area (Å²) in [4.78, 5) is 35.2. The smallest absolute Gasteiger partial charge is 0.326 e. The highest BCUT2D eigenvalue weighted by molar-refractivity contribution is 5.88. The molecule has 0 fully saturated rings. The average molecular weight is 274 g/mol. The van der Waals surface area contributed by atoms with Gasteiger partial charge in [0.15, 0.2) is 0 Å². The van der Waals surface area contributed by atoms with Crippen LogP contribution >= 0.6 is 0 Å². The third-order valence-corrected chi connectivity index (χ3v) is 2.41. The first kappa shape index (κ1) is 17.4. The standard InChI is InChI=1S/C12H22N2O5/c1-8(2)5-9(12(17)18)13-10(15)6-14(3)11(16)7-19-4/h8-9H,5-7H2,1-4H3,(H,13,15)(H,17,18). The normalized spacial score (nSPS) is 12.1. The molecular formula is C12H22N2O5. The van der Waals surface area contributed by atoms with E-state index in [1.807, 2.05) is 13.8 Å². The molecule has 0 aliphatic carbocycles. The number of amides is 2. The van der Waals surface area contributed by atoms with Gasteiger partial charge in [0.05, 0.1) is 6.54 Å². The second-order valence-electron chi connectivity index (χ2n) is 4.77. The molecular weight excluding hydrogens is 252 g/mol. The van der Waals surface area contributed by atoms with Gasteiger partial charge in [0.1, 0.15) is 12.6 Å². The van der Waals surface area contributed by atoms with E-state index in [-0.39, 0.29) is 25.0 Å². The Morgan fingerprint density at radius 3 is 2.32 bits per heavy atom. The van der Waals surface area contributed by atoms with Crippen molar-refractivity contribution in [3.63, 3.8) is 0 Å². The summed E-state index contributed by atoms with van der Waals surface area (Å²) in [6.07, 6.45) is 0.344. The third kappa shape index (κ3) is 7.40. The highest BCUT2D eigenvalue weighted by Crippen LogP contribution is 2.04. The Balaban J connectivity index is 4.34. The molecule has 0 radical (unpaired) electrons. The van der Waals surface area contributed by atoms with Crippen molar-refractivity contribution in [2.24, 2.45) is 5.92 Å². The van der Waals surface area contributed by atoms with Gasteiger partial charge in [0.2, 0.25) is 11.8 Å². The summed E-state index contributed by atoms with van der Waals surface area (Å²) >= 11 is 0. The third-order valence-electron chi connectivity index (χ3n) is 2.41. The van der Waals surface area contributed by atoms with E-state index in [4.69, 9.17) is 5.11 Å². The van der Waals surface area contributed by atoms with Crippen molar-refractivity contribution in [2.75, 3.05) is 27.3 Å². The number of nitrogens with one attached hydrogen (secondary N) is 1. The van der Waals surface area contributed by atoms with E-state index in [2.05, 4.69) is 10.1 Å². The summed E-state index contributed by atoms with van der Waals surface area (Å²) in [5, 5.41) is 11.4. The van der Waals surface area contributed by atoms with Crippen LogP contribution in [0.25, 0.3) is 0 Å². The van der Waals surface area contributed by atoms with Crippen LogP contribution < -0.4 is 5.32 Å². The lowest BCUT2D eigenvalue weighted by molar-refractivity contribution is -0.143. The summed E-state index contributed by atoms with van der Waals surface area (Å²) in [6, 6.07) is -0.932. The van der Waals surface area contributed by atoms with E-state index in [1.54, 1.807) is 0 Å². The van der Waals surface area contributed by atoms with Gasteiger partial charge >= 0.3 is 5.97 Å². The molecule has 110 valence electrons. The minimum absolute atomic E-state index is 0.113. The fourth-order valence-corrected chi connectivity index (χ4v) is 1.47. The summed E-state index contributed by atoms with van der Waals surface area (Å²) in [7, 11) is 2.84. The number of aliphatic carboxylic acids is 1. The van der Waals surface area contributed by atoms with Crippen molar-refractivity contribution >= 4 is 17.8 Å². The van der Waals surface area contributed by atoms with Gasteiger partial charge in [-0.15, -0.1) is 0 Å². The first-order valence-electron chi connectivity index (χ1n) is 6.03. The first-order chi connectivity index (χ1) is 8.77. The SMILES string of the molecule is COCC(=O)N(C)CC(=O)NC(CC(C)C)C(=O)O.